The van der Waals surface area contributed by atoms with Crippen molar-refractivity contribution in [3.63, 3.8) is 0 Å². The number of hydrogen-bond acceptors (Lipinski definition) is 3. The second kappa shape index (κ2) is 14.5. The van der Waals surface area contributed by atoms with Crippen LogP contribution in [0.5, 0.6) is 0 Å². The number of nitrogens with zero attached hydrogens (tertiary/aromatic N) is 1. The van der Waals surface area contributed by atoms with Crippen LogP contribution in [-0.2, 0) is 5.41 Å². The van der Waals surface area contributed by atoms with Gasteiger partial charge in [-0.1, -0.05) is 141 Å². The molecule has 1 atom stereocenters. The fourth-order valence-corrected chi connectivity index (χ4v) is 6.23. The minimum absolute atomic E-state index is 0.458. The first-order valence-electron chi connectivity index (χ1n) is 13.7. The zero-order valence-electron chi connectivity index (χ0n) is 23.4. The summed E-state index contributed by atoms with van der Waals surface area (Å²) in [6.07, 6.45) is 3.12. The summed E-state index contributed by atoms with van der Waals surface area (Å²) in [6, 6.07) is 49.7. The van der Waals surface area contributed by atoms with Gasteiger partial charge in [0.2, 0.25) is 0 Å². The maximum atomic E-state index is 7.00. The van der Waals surface area contributed by atoms with Gasteiger partial charge in [-0.25, -0.2) is 0 Å². The average Bonchev–Trinajstić information content (AvgIpc) is 3.04. The number of benzene rings is 5. The van der Waals surface area contributed by atoms with Gasteiger partial charge in [-0.05, 0) is 40.8 Å². The molecule has 2 nitrogen and oxygen atoms in total. The summed E-state index contributed by atoms with van der Waals surface area (Å²) in [5.41, 5.74) is 6.64. The van der Waals surface area contributed by atoms with E-state index in [1.807, 2.05) is 48.3 Å². The van der Waals surface area contributed by atoms with Crippen LogP contribution >= 0.6 is 11.8 Å². The number of aliphatic imine (C=N–C) groups is 1. The van der Waals surface area contributed by atoms with Crippen molar-refractivity contribution in [2.24, 2.45) is 4.99 Å². The van der Waals surface area contributed by atoms with Crippen molar-refractivity contribution < 1.29 is 5.11 Å². The lowest BCUT2D eigenvalue weighted by Crippen LogP contribution is -2.32. The van der Waals surface area contributed by atoms with Crippen LogP contribution in [0.1, 0.15) is 48.1 Å². The Labute approximate surface area is 243 Å². The van der Waals surface area contributed by atoms with Gasteiger partial charge < -0.3 is 5.11 Å². The first-order chi connectivity index (χ1) is 19.7. The number of para-hydroxylation sites is 1. The van der Waals surface area contributed by atoms with E-state index in [-0.39, 0.29) is 0 Å². The number of aliphatic hydroxyl groups excluding tert-OH is 1. The zero-order chi connectivity index (χ0) is 28.2. The molecule has 1 unspecified atom stereocenters. The topological polar surface area (TPSA) is 32.6 Å². The summed E-state index contributed by atoms with van der Waals surface area (Å²) in [7, 11) is 1.00. The minimum atomic E-state index is -0.490. The Balaban J connectivity index is 0.00000181. The molecule has 0 bridgehead atoms. The lowest BCUT2D eigenvalue weighted by Gasteiger charge is -2.38. The normalized spacial score (nSPS) is 12.0. The van der Waals surface area contributed by atoms with E-state index in [2.05, 4.69) is 123 Å². The molecular weight excluding hydrogens is 506 g/mol. The molecule has 0 heterocycles. The quantitative estimate of drug-likeness (QED) is 0.114. The smallest absolute Gasteiger partial charge is 0.0712 e. The third kappa shape index (κ3) is 6.28. The molecular formula is C37H37NOS. The molecule has 0 spiro atoms. The van der Waals surface area contributed by atoms with Crippen LogP contribution in [0.2, 0.25) is 0 Å². The van der Waals surface area contributed by atoms with Gasteiger partial charge in [-0.15, -0.1) is 11.8 Å². The Bertz CT molecular complexity index is 1370. The highest BCUT2D eigenvalue weighted by Gasteiger charge is 2.40. The van der Waals surface area contributed by atoms with E-state index >= 15 is 0 Å². The average molecular weight is 544 g/mol. The molecule has 5 rings (SSSR count). The number of thioether (sulfide) groups is 1. The van der Waals surface area contributed by atoms with Crippen molar-refractivity contribution >= 4 is 23.7 Å². The Morgan fingerprint density at radius 3 is 1.55 bits per heavy atom. The molecule has 0 aliphatic carbocycles. The molecule has 202 valence electrons. The Hall–Kier alpha value is -3.92. The second-order valence-electron chi connectivity index (χ2n) is 9.50. The molecule has 40 heavy (non-hydrogen) atoms. The number of rotatable bonds is 9. The van der Waals surface area contributed by atoms with Gasteiger partial charge in [-0.2, -0.15) is 0 Å². The Morgan fingerprint density at radius 2 is 1.10 bits per heavy atom. The van der Waals surface area contributed by atoms with Gasteiger partial charge in [0, 0.05) is 29.0 Å². The first-order valence-corrected chi connectivity index (χ1v) is 14.6. The van der Waals surface area contributed by atoms with Crippen LogP contribution in [0.25, 0.3) is 0 Å². The first kappa shape index (κ1) is 29.1. The largest absolute Gasteiger partial charge is 0.400 e. The predicted molar refractivity (Wildman–Crippen MR) is 172 cm³/mol. The van der Waals surface area contributed by atoms with Crippen molar-refractivity contribution in [1.29, 1.82) is 0 Å². The van der Waals surface area contributed by atoms with E-state index in [0.29, 0.717) is 5.25 Å². The maximum absolute atomic E-state index is 7.00. The van der Waals surface area contributed by atoms with Crippen LogP contribution in [-0.4, -0.2) is 23.7 Å². The summed E-state index contributed by atoms with van der Waals surface area (Å²) in [5.74, 6) is 0. The molecule has 3 heteroatoms. The van der Waals surface area contributed by atoms with E-state index in [0.717, 1.165) is 24.8 Å². The van der Waals surface area contributed by atoms with Crippen molar-refractivity contribution in [1.82, 2.24) is 0 Å². The molecule has 0 fully saturated rings. The fraction of sp³-hybridized carbons (Fsp3) is 0.162. The van der Waals surface area contributed by atoms with Gasteiger partial charge in [0.1, 0.15) is 0 Å². The van der Waals surface area contributed by atoms with Gasteiger partial charge in [0.05, 0.1) is 11.1 Å². The van der Waals surface area contributed by atoms with Crippen LogP contribution < -0.4 is 0 Å². The van der Waals surface area contributed by atoms with E-state index in [1.165, 1.54) is 27.1 Å². The highest BCUT2D eigenvalue weighted by atomic mass is 32.2. The summed E-state index contributed by atoms with van der Waals surface area (Å²) < 4.78 is 0. The highest BCUT2D eigenvalue weighted by Crippen LogP contribution is 2.49. The van der Waals surface area contributed by atoms with Gasteiger partial charge >= 0.3 is 0 Å². The fourth-order valence-electron chi connectivity index (χ4n) is 5.06. The predicted octanol–water partition coefficient (Wildman–Crippen LogP) is 9.32. The molecule has 0 aromatic heterocycles. The van der Waals surface area contributed by atoms with Crippen LogP contribution in [0, 0.1) is 0 Å². The monoisotopic (exact) mass is 543 g/mol. The molecule has 0 saturated heterocycles. The van der Waals surface area contributed by atoms with E-state index < -0.39 is 5.41 Å². The SMILES string of the molecule is CCC(C)Sc1c(C=Nc2ccccc2)cccc1C(c1ccccc1)(c1ccccc1)c1ccccc1.CO. The van der Waals surface area contributed by atoms with Crippen LogP contribution in [0.4, 0.5) is 5.69 Å². The van der Waals surface area contributed by atoms with Gasteiger partial charge in [0.25, 0.3) is 0 Å². The minimum Gasteiger partial charge on any atom is -0.400 e. The lowest BCUT2D eigenvalue weighted by molar-refractivity contribution is 0.399. The van der Waals surface area contributed by atoms with Gasteiger partial charge in [-0.3, -0.25) is 4.99 Å². The number of aliphatic hydroxyl groups is 1. The van der Waals surface area contributed by atoms with Gasteiger partial charge in [0.15, 0.2) is 0 Å². The molecule has 0 amide bonds. The van der Waals surface area contributed by atoms with Crippen molar-refractivity contribution in [3.8, 4) is 0 Å². The summed E-state index contributed by atoms with van der Waals surface area (Å²) >= 11 is 1.95. The lowest BCUT2D eigenvalue weighted by atomic mass is 9.65. The van der Waals surface area contributed by atoms with Crippen molar-refractivity contribution in [2.45, 2.75) is 35.8 Å². The van der Waals surface area contributed by atoms with Crippen molar-refractivity contribution in [3.05, 3.63) is 167 Å². The molecule has 5 aromatic carbocycles. The summed E-state index contributed by atoms with van der Waals surface area (Å²) in [4.78, 5) is 6.15. The van der Waals surface area contributed by atoms with E-state index in [1.54, 1.807) is 0 Å². The van der Waals surface area contributed by atoms with Crippen LogP contribution in [0.3, 0.4) is 0 Å². The second-order valence-corrected chi connectivity index (χ2v) is 11.0. The highest BCUT2D eigenvalue weighted by molar-refractivity contribution is 8.00. The molecule has 0 aliphatic rings. The summed E-state index contributed by atoms with van der Waals surface area (Å²) in [6.45, 7) is 4.58. The maximum Gasteiger partial charge on any atom is 0.0712 e. The molecule has 0 aliphatic heterocycles. The summed E-state index contributed by atoms with van der Waals surface area (Å²) in [5, 5.41) is 7.46. The molecule has 5 aromatic rings. The third-order valence-electron chi connectivity index (χ3n) is 7.07. The standard InChI is InChI=1S/C36H33NS.CH4O/c1-3-28(2)38-35-29(27-37-33-24-14-7-15-25-33)17-16-26-34(35)36(30-18-8-4-9-19-30,31-20-10-5-11-21-31)32-22-12-6-13-23-32;1-2/h4-28H,3H2,1-2H3;2H,1H3. The van der Waals surface area contributed by atoms with E-state index in [4.69, 9.17) is 10.1 Å². The third-order valence-corrected chi connectivity index (χ3v) is 8.50. The molecule has 1 N–H and O–H groups in total. The molecule has 0 radical (unpaired) electrons. The van der Waals surface area contributed by atoms with Crippen LogP contribution in [0.15, 0.2) is 149 Å². The number of hydrogen-bond donors (Lipinski definition) is 1. The zero-order valence-corrected chi connectivity index (χ0v) is 24.3. The van der Waals surface area contributed by atoms with E-state index in [9.17, 15) is 0 Å². The Morgan fingerprint density at radius 1 is 0.650 bits per heavy atom. The molecule has 0 saturated carbocycles. The Kier molecular flexibility index (Phi) is 10.5. The van der Waals surface area contributed by atoms with Crippen molar-refractivity contribution in [2.75, 3.05) is 7.11 Å².